The second-order valence-electron chi connectivity index (χ2n) is 5.73. The number of hydrogen-bond acceptors (Lipinski definition) is 3. The third kappa shape index (κ3) is 3.68. The lowest BCUT2D eigenvalue weighted by Crippen LogP contribution is -2.24. The van der Waals surface area contributed by atoms with Crippen molar-refractivity contribution >= 4 is 16.8 Å². The van der Waals surface area contributed by atoms with Gasteiger partial charge in [0.15, 0.2) is 0 Å². The molecule has 0 saturated heterocycles. The van der Waals surface area contributed by atoms with Gasteiger partial charge >= 0.3 is 0 Å². The highest BCUT2D eigenvalue weighted by Gasteiger charge is 2.07. The highest BCUT2D eigenvalue weighted by Crippen LogP contribution is 2.08. The quantitative estimate of drug-likeness (QED) is 0.758. The van der Waals surface area contributed by atoms with Gasteiger partial charge in [0.1, 0.15) is 5.82 Å². The molecule has 0 unspecified atom stereocenters. The Hall–Kier alpha value is -2.95. The molecule has 0 aliphatic rings. The van der Waals surface area contributed by atoms with Crippen molar-refractivity contribution in [1.82, 2.24) is 15.3 Å². The molecule has 0 bridgehead atoms. The second kappa shape index (κ2) is 7.08. The van der Waals surface area contributed by atoms with Crippen molar-refractivity contribution < 1.29 is 4.79 Å². The van der Waals surface area contributed by atoms with Gasteiger partial charge in [-0.05, 0) is 30.2 Å². The molecule has 0 atom stereocenters. The predicted octanol–water partition coefficient (Wildman–Crippen LogP) is 2.48. The molecule has 2 aromatic carbocycles. The predicted molar refractivity (Wildman–Crippen MR) is 93.7 cm³/mol. The van der Waals surface area contributed by atoms with E-state index in [1.165, 1.54) is 0 Å². The highest BCUT2D eigenvalue weighted by molar-refractivity contribution is 5.78. The summed E-state index contributed by atoms with van der Waals surface area (Å²) in [5.41, 5.74) is 2.73. The van der Waals surface area contributed by atoms with Crippen molar-refractivity contribution in [3.05, 3.63) is 75.8 Å². The lowest BCUT2D eigenvalue weighted by atomic mass is 10.1. The summed E-state index contributed by atoms with van der Waals surface area (Å²) in [4.78, 5) is 31.2. The molecule has 5 nitrogen and oxygen atoms in total. The normalized spacial score (nSPS) is 10.7. The zero-order chi connectivity index (χ0) is 16.9. The Balaban J connectivity index is 1.60. The molecule has 0 aliphatic heterocycles. The Labute approximate surface area is 139 Å². The monoisotopic (exact) mass is 321 g/mol. The number of aromatic amines is 1. The van der Waals surface area contributed by atoms with Crippen LogP contribution >= 0.6 is 0 Å². The fourth-order valence-corrected chi connectivity index (χ4v) is 2.58. The van der Waals surface area contributed by atoms with E-state index in [9.17, 15) is 9.59 Å². The maximum absolute atomic E-state index is 12.0. The van der Waals surface area contributed by atoms with Crippen LogP contribution in [0.15, 0.2) is 53.3 Å². The van der Waals surface area contributed by atoms with Crippen LogP contribution in [-0.4, -0.2) is 15.9 Å². The Bertz CT molecular complexity index is 931. The number of rotatable bonds is 5. The van der Waals surface area contributed by atoms with Gasteiger partial charge < -0.3 is 10.3 Å². The number of H-pyrrole nitrogens is 1. The van der Waals surface area contributed by atoms with Gasteiger partial charge in [0.25, 0.3) is 5.56 Å². The molecule has 0 spiro atoms. The van der Waals surface area contributed by atoms with Gasteiger partial charge in [-0.3, -0.25) is 9.59 Å². The average Bonchev–Trinajstić information content (AvgIpc) is 2.59. The first-order chi connectivity index (χ1) is 11.6. The summed E-state index contributed by atoms with van der Waals surface area (Å²) in [5.74, 6) is 0.471. The van der Waals surface area contributed by atoms with E-state index in [1.807, 2.05) is 37.3 Å². The van der Waals surface area contributed by atoms with Crippen molar-refractivity contribution in [3.63, 3.8) is 0 Å². The number of fused-ring (bicyclic) bond motifs is 1. The number of nitrogens with zero attached hydrogens (tertiary/aromatic N) is 1. The van der Waals surface area contributed by atoms with Gasteiger partial charge in [0.2, 0.25) is 5.91 Å². The molecule has 122 valence electrons. The minimum Gasteiger partial charge on any atom is -0.352 e. The Morgan fingerprint density at radius 1 is 1.12 bits per heavy atom. The topological polar surface area (TPSA) is 74.8 Å². The number of aromatic nitrogens is 2. The number of carbonyl (C=O) groups excluding carboxylic acids is 1. The van der Waals surface area contributed by atoms with E-state index in [0.29, 0.717) is 29.7 Å². The molecule has 0 aliphatic carbocycles. The van der Waals surface area contributed by atoms with Crippen LogP contribution in [0.1, 0.15) is 23.4 Å². The van der Waals surface area contributed by atoms with Crippen molar-refractivity contribution in [2.45, 2.75) is 26.3 Å². The summed E-state index contributed by atoms with van der Waals surface area (Å²) in [5, 5.41) is 3.46. The van der Waals surface area contributed by atoms with E-state index in [4.69, 9.17) is 0 Å². The second-order valence-corrected chi connectivity index (χ2v) is 5.73. The number of nitrogens with one attached hydrogen (secondary N) is 2. The summed E-state index contributed by atoms with van der Waals surface area (Å²) in [7, 11) is 0. The third-order valence-electron chi connectivity index (χ3n) is 3.99. The molecule has 3 aromatic rings. The first-order valence-corrected chi connectivity index (χ1v) is 7.92. The van der Waals surface area contributed by atoms with Gasteiger partial charge in [-0.15, -0.1) is 0 Å². The SMILES string of the molecule is Cc1ccccc1CNC(=O)CCc1nc2ccccc2c(=O)[nH]1. The number of hydrogen-bond donors (Lipinski definition) is 2. The molecule has 1 aromatic heterocycles. The zero-order valence-corrected chi connectivity index (χ0v) is 13.5. The molecule has 0 fully saturated rings. The van der Waals surface area contributed by atoms with Crippen LogP contribution < -0.4 is 10.9 Å². The maximum atomic E-state index is 12.0. The standard InChI is InChI=1S/C19H19N3O2/c1-13-6-2-3-7-14(13)12-20-18(23)11-10-17-21-16-9-5-4-8-15(16)19(24)22-17/h2-9H,10-12H2,1H3,(H,20,23)(H,21,22,24). The number of amides is 1. The third-order valence-corrected chi connectivity index (χ3v) is 3.99. The Morgan fingerprint density at radius 3 is 2.71 bits per heavy atom. The van der Waals surface area contributed by atoms with E-state index in [-0.39, 0.29) is 17.9 Å². The van der Waals surface area contributed by atoms with E-state index < -0.39 is 0 Å². The minimum absolute atomic E-state index is 0.0611. The summed E-state index contributed by atoms with van der Waals surface area (Å²) in [6.07, 6.45) is 0.687. The molecule has 5 heteroatoms. The van der Waals surface area contributed by atoms with Crippen LogP contribution in [0.2, 0.25) is 0 Å². The Kier molecular flexibility index (Phi) is 4.70. The van der Waals surface area contributed by atoms with Crippen LogP contribution in [0.5, 0.6) is 0 Å². The number of aryl methyl sites for hydroxylation is 2. The van der Waals surface area contributed by atoms with Gasteiger partial charge in [-0.2, -0.15) is 0 Å². The van der Waals surface area contributed by atoms with Gasteiger partial charge in [-0.1, -0.05) is 36.4 Å². The van der Waals surface area contributed by atoms with Crippen molar-refractivity contribution in [2.75, 3.05) is 0 Å². The first-order valence-electron chi connectivity index (χ1n) is 7.92. The molecule has 3 rings (SSSR count). The molecule has 1 heterocycles. The molecular weight excluding hydrogens is 302 g/mol. The van der Waals surface area contributed by atoms with Gasteiger partial charge in [0, 0.05) is 19.4 Å². The largest absolute Gasteiger partial charge is 0.352 e. The van der Waals surface area contributed by atoms with Gasteiger partial charge in [0.05, 0.1) is 10.9 Å². The molecule has 2 N–H and O–H groups in total. The van der Waals surface area contributed by atoms with E-state index >= 15 is 0 Å². The van der Waals surface area contributed by atoms with Crippen LogP contribution in [0.3, 0.4) is 0 Å². The summed E-state index contributed by atoms with van der Waals surface area (Å²) in [6.45, 7) is 2.53. The summed E-state index contributed by atoms with van der Waals surface area (Å²) < 4.78 is 0. The lowest BCUT2D eigenvalue weighted by molar-refractivity contribution is -0.121. The molecular formula is C19H19N3O2. The molecule has 0 radical (unpaired) electrons. The fourth-order valence-electron chi connectivity index (χ4n) is 2.58. The first kappa shape index (κ1) is 15.9. The minimum atomic E-state index is -0.170. The molecule has 24 heavy (non-hydrogen) atoms. The summed E-state index contributed by atoms with van der Waals surface area (Å²) >= 11 is 0. The smallest absolute Gasteiger partial charge is 0.258 e. The maximum Gasteiger partial charge on any atom is 0.258 e. The Morgan fingerprint density at radius 2 is 1.88 bits per heavy atom. The average molecular weight is 321 g/mol. The fraction of sp³-hybridized carbons (Fsp3) is 0.211. The number of benzene rings is 2. The van der Waals surface area contributed by atoms with Crippen molar-refractivity contribution in [1.29, 1.82) is 0 Å². The summed E-state index contributed by atoms with van der Waals surface area (Å²) in [6, 6.07) is 15.1. The van der Waals surface area contributed by atoms with Crippen molar-refractivity contribution in [3.8, 4) is 0 Å². The number of para-hydroxylation sites is 1. The van der Waals surface area contributed by atoms with Crippen LogP contribution in [-0.2, 0) is 17.8 Å². The highest BCUT2D eigenvalue weighted by atomic mass is 16.1. The van der Waals surface area contributed by atoms with E-state index in [0.717, 1.165) is 11.1 Å². The molecule has 1 amide bonds. The van der Waals surface area contributed by atoms with Crippen molar-refractivity contribution in [2.24, 2.45) is 0 Å². The van der Waals surface area contributed by atoms with Crippen LogP contribution in [0.4, 0.5) is 0 Å². The van der Waals surface area contributed by atoms with E-state index in [1.54, 1.807) is 18.2 Å². The lowest BCUT2D eigenvalue weighted by Gasteiger charge is -2.08. The van der Waals surface area contributed by atoms with Gasteiger partial charge in [-0.25, -0.2) is 4.98 Å². The van der Waals surface area contributed by atoms with Crippen LogP contribution in [0.25, 0.3) is 10.9 Å². The van der Waals surface area contributed by atoms with E-state index in [2.05, 4.69) is 15.3 Å². The van der Waals surface area contributed by atoms with Crippen LogP contribution in [0, 0.1) is 6.92 Å². The zero-order valence-electron chi connectivity index (χ0n) is 13.5. The number of carbonyl (C=O) groups is 1. The molecule has 0 saturated carbocycles.